The van der Waals surface area contributed by atoms with E-state index in [0.717, 1.165) is 11.3 Å². The molecule has 1 aliphatic carbocycles. The fourth-order valence-electron chi connectivity index (χ4n) is 4.37. The number of hydrogen-bond acceptors (Lipinski definition) is 4. The first kappa shape index (κ1) is 16.4. The molecule has 134 valence electrons. The minimum Gasteiger partial charge on any atom is -0.373 e. The third-order valence-corrected chi connectivity index (χ3v) is 5.90. The van der Waals surface area contributed by atoms with Crippen LogP contribution >= 0.6 is 0 Å². The number of carbonyl (C=O) groups excluding carboxylic acids is 2. The van der Waals surface area contributed by atoms with E-state index in [9.17, 15) is 18.4 Å². The molecular weight excluding hydrogens is 328 g/mol. The van der Waals surface area contributed by atoms with Gasteiger partial charge in [0, 0.05) is 18.7 Å². The molecule has 0 aromatic heterocycles. The van der Waals surface area contributed by atoms with Gasteiger partial charge in [-0.3, -0.25) is 14.9 Å². The van der Waals surface area contributed by atoms with Crippen molar-refractivity contribution in [1.29, 1.82) is 0 Å². The Labute approximate surface area is 144 Å². The summed E-state index contributed by atoms with van der Waals surface area (Å²) in [6.45, 7) is 2.80. The van der Waals surface area contributed by atoms with Crippen molar-refractivity contribution in [3.8, 4) is 0 Å². The number of nitrogens with one attached hydrogen (secondary N) is 3. The molecule has 3 atom stereocenters. The third-order valence-electron chi connectivity index (χ3n) is 5.90. The van der Waals surface area contributed by atoms with Crippen LogP contribution in [0.1, 0.15) is 30.4 Å². The second-order valence-corrected chi connectivity index (χ2v) is 7.28. The quantitative estimate of drug-likeness (QED) is 0.727. The lowest BCUT2D eigenvalue weighted by Gasteiger charge is -2.25. The minimum absolute atomic E-state index is 0.262. The highest BCUT2D eigenvalue weighted by Crippen LogP contribution is 2.69. The van der Waals surface area contributed by atoms with Crippen LogP contribution in [-0.2, 0) is 15.0 Å². The summed E-state index contributed by atoms with van der Waals surface area (Å²) in [7, 11) is 0. The van der Waals surface area contributed by atoms with Gasteiger partial charge < -0.3 is 10.6 Å². The Morgan fingerprint density at radius 1 is 1.28 bits per heavy atom. The van der Waals surface area contributed by atoms with Crippen molar-refractivity contribution in [2.45, 2.75) is 43.6 Å². The van der Waals surface area contributed by atoms with Crippen molar-refractivity contribution >= 4 is 17.5 Å². The maximum absolute atomic E-state index is 14.4. The number of piperidine rings is 2. The van der Waals surface area contributed by atoms with Crippen LogP contribution < -0.4 is 16.0 Å². The predicted molar refractivity (Wildman–Crippen MR) is 88.6 cm³/mol. The number of halogens is 2. The SMILES string of the molecule is Cc1cc([C@@]23CCNC[C@@H]2C3(F)F)ccc1N[C@@H]1CCC(=O)NC1=O. The first-order valence-electron chi connectivity index (χ1n) is 8.66. The summed E-state index contributed by atoms with van der Waals surface area (Å²) in [5, 5.41) is 8.49. The molecule has 7 heteroatoms. The molecule has 3 aliphatic rings. The van der Waals surface area contributed by atoms with Gasteiger partial charge in [-0.05, 0) is 43.5 Å². The van der Waals surface area contributed by atoms with E-state index in [2.05, 4.69) is 16.0 Å². The second-order valence-electron chi connectivity index (χ2n) is 7.28. The predicted octanol–water partition coefficient (Wildman–Crippen LogP) is 1.71. The van der Waals surface area contributed by atoms with Crippen LogP contribution in [0.15, 0.2) is 18.2 Å². The molecule has 0 unspecified atom stereocenters. The first-order valence-corrected chi connectivity index (χ1v) is 8.66. The lowest BCUT2D eigenvalue weighted by Crippen LogP contribution is -2.47. The number of anilines is 1. The van der Waals surface area contributed by atoms with Gasteiger partial charge in [-0.25, -0.2) is 8.78 Å². The highest BCUT2D eigenvalue weighted by Gasteiger charge is 2.80. The summed E-state index contributed by atoms with van der Waals surface area (Å²) in [6.07, 6.45) is 1.16. The monoisotopic (exact) mass is 349 g/mol. The van der Waals surface area contributed by atoms with Gasteiger partial charge in [0.15, 0.2) is 0 Å². The fraction of sp³-hybridized carbons (Fsp3) is 0.556. The summed E-state index contributed by atoms with van der Waals surface area (Å²) in [6, 6.07) is 4.86. The molecule has 2 aliphatic heterocycles. The van der Waals surface area contributed by atoms with E-state index in [1.165, 1.54) is 0 Å². The van der Waals surface area contributed by atoms with Crippen molar-refractivity contribution < 1.29 is 18.4 Å². The summed E-state index contributed by atoms with van der Waals surface area (Å²) < 4.78 is 28.8. The Hall–Kier alpha value is -2.02. The number of imide groups is 1. The number of amides is 2. The molecule has 0 spiro atoms. The molecule has 5 nitrogen and oxygen atoms in total. The van der Waals surface area contributed by atoms with E-state index < -0.39 is 23.3 Å². The van der Waals surface area contributed by atoms with E-state index in [1.54, 1.807) is 12.1 Å². The van der Waals surface area contributed by atoms with E-state index in [0.29, 0.717) is 37.9 Å². The van der Waals surface area contributed by atoms with Gasteiger partial charge in [-0.2, -0.15) is 0 Å². The number of carbonyl (C=O) groups is 2. The van der Waals surface area contributed by atoms with Crippen molar-refractivity contribution in [1.82, 2.24) is 10.6 Å². The molecule has 1 saturated carbocycles. The zero-order valence-electron chi connectivity index (χ0n) is 14.0. The number of alkyl halides is 2. The largest absolute Gasteiger partial charge is 0.373 e. The maximum Gasteiger partial charge on any atom is 0.263 e. The van der Waals surface area contributed by atoms with E-state index in [1.807, 2.05) is 13.0 Å². The van der Waals surface area contributed by atoms with Gasteiger partial charge in [0.05, 0.1) is 11.3 Å². The average molecular weight is 349 g/mol. The number of benzene rings is 1. The molecule has 1 aromatic rings. The number of hydrogen-bond donors (Lipinski definition) is 3. The Morgan fingerprint density at radius 2 is 2.08 bits per heavy atom. The average Bonchev–Trinajstić information content (AvgIpc) is 3.09. The summed E-state index contributed by atoms with van der Waals surface area (Å²) in [4.78, 5) is 23.1. The van der Waals surface area contributed by atoms with Gasteiger partial charge in [0.2, 0.25) is 11.8 Å². The molecule has 1 aromatic carbocycles. The van der Waals surface area contributed by atoms with E-state index >= 15 is 0 Å². The summed E-state index contributed by atoms with van der Waals surface area (Å²) in [5.74, 6) is -3.91. The molecule has 3 fully saturated rings. The van der Waals surface area contributed by atoms with Crippen LogP contribution in [0.5, 0.6) is 0 Å². The summed E-state index contributed by atoms with van der Waals surface area (Å²) >= 11 is 0. The molecular formula is C18H21F2N3O2. The van der Waals surface area contributed by atoms with Crippen LogP contribution in [0.25, 0.3) is 0 Å². The lowest BCUT2D eigenvalue weighted by atomic mass is 9.86. The van der Waals surface area contributed by atoms with Crippen LogP contribution in [-0.4, -0.2) is 36.9 Å². The Balaban J connectivity index is 1.56. The summed E-state index contributed by atoms with van der Waals surface area (Å²) in [5.41, 5.74) is 1.20. The van der Waals surface area contributed by atoms with Crippen LogP contribution in [0.4, 0.5) is 14.5 Å². The van der Waals surface area contributed by atoms with Crippen LogP contribution in [0.2, 0.25) is 0 Å². The molecule has 3 N–H and O–H groups in total. The molecule has 4 rings (SSSR count). The van der Waals surface area contributed by atoms with Gasteiger partial charge in [-0.1, -0.05) is 12.1 Å². The van der Waals surface area contributed by atoms with E-state index in [4.69, 9.17) is 0 Å². The number of fused-ring (bicyclic) bond motifs is 1. The normalized spacial score (nSPS) is 33.4. The topological polar surface area (TPSA) is 70.2 Å². The van der Waals surface area contributed by atoms with E-state index in [-0.39, 0.29) is 11.8 Å². The molecule has 2 heterocycles. The smallest absolute Gasteiger partial charge is 0.263 e. The van der Waals surface area contributed by atoms with Gasteiger partial charge >= 0.3 is 0 Å². The zero-order valence-corrected chi connectivity index (χ0v) is 14.0. The second kappa shape index (κ2) is 5.49. The molecule has 2 saturated heterocycles. The number of aryl methyl sites for hydroxylation is 1. The molecule has 25 heavy (non-hydrogen) atoms. The van der Waals surface area contributed by atoms with Crippen molar-refractivity contribution in [3.05, 3.63) is 29.3 Å². The Morgan fingerprint density at radius 3 is 2.76 bits per heavy atom. The van der Waals surface area contributed by atoms with Gasteiger partial charge in [-0.15, -0.1) is 0 Å². The van der Waals surface area contributed by atoms with Crippen LogP contribution in [0.3, 0.4) is 0 Å². The first-order chi connectivity index (χ1) is 11.9. The maximum atomic E-state index is 14.4. The van der Waals surface area contributed by atoms with Crippen molar-refractivity contribution in [3.63, 3.8) is 0 Å². The highest BCUT2D eigenvalue weighted by atomic mass is 19.3. The molecule has 0 bridgehead atoms. The van der Waals surface area contributed by atoms with Crippen LogP contribution in [0, 0.1) is 12.8 Å². The van der Waals surface area contributed by atoms with Crippen molar-refractivity contribution in [2.24, 2.45) is 5.92 Å². The molecule has 2 amide bonds. The van der Waals surface area contributed by atoms with Crippen molar-refractivity contribution in [2.75, 3.05) is 18.4 Å². The fourth-order valence-corrected chi connectivity index (χ4v) is 4.37. The lowest BCUT2D eigenvalue weighted by molar-refractivity contribution is -0.133. The Kier molecular flexibility index (Phi) is 3.61. The standard InChI is InChI=1S/C18H21F2N3O2/c1-10-8-11(17-6-7-21-9-14(17)18(17,19)20)2-3-12(10)22-13-4-5-15(24)23-16(13)25/h2-3,8,13-14,21-22H,4-7,9H2,1H3,(H,23,24,25)/t13-,14+,17+/m1/s1. The highest BCUT2D eigenvalue weighted by molar-refractivity contribution is 6.01. The molecule has 0 radical (unpaired) electrons. The Bertz CT molecular complexity index is 752. The number of rotatable bonds is 3. The minimum atomic E-state index is -2.67. The third kappa shape index (κ3) is 2.36. The van der Waals surface area contributed by atoms with Gasteiger partial charge in [0.1, 0.15) is 6.04 Å². The van der Waals surface area contributed by atoms with Gasteiger partial charge in [0.25, 0.3) is 5.92 Å². The zero-order chi connectivity index (χ0) is 17.8.